The highest BCUT2D eigenvalue weighted by Gasteiger charge is 2.14. The summed E-state index contributed by atoms with van der Waals surface area (Å²) in [5.74, 6) is 1.36. The lowest BCUT2D eigenvalue weighted by atomic mass is 10.1. The molecule has 0 aliphatic rings. The first-order valence-electron chi connectivity index (χ1n) is 6.86. The second kappa shape index (κ2) is 7.15. The van der Waals surface area contributed by atoms with Gasteiger partial charge in [-0.15, -0.1) is 0 Å². The Morgan fingerprint density at radius 3 is 2.67 bits per heavy atom. The Morgan fingerprint density at radius 2 is 2.05 bits per heavy atom. The van der Waals surface area contributed by atoms with Gasteiger partial charge < -0.3 is 24.5 Å². The van der Waals surface area contributed by atoms with E-state index in [-0.39, 0.29) is 0 Å². The van der Waals surface area contributed by atoms with Crippen molar-refractivity contribution in [2.45, 2.75) is 12.6 Å². The number of benzene rings is 1. The van der Waals surface area contributed by atoms with Crippen LogP contribution in [0.5, 0.6) is 11.5 Å². The maximum Gasteiger partial charge on any atom is 0.124 e. The molecule has 114 valence electrons. The number of nitrogens with one attached hydrogen (secondary N) is 1. The van der Waals surface area contributed by atoms with E-state index in [2.05, 4.69) is 5.32 Å². The highest BCUT2D eigenvalue weighted by molar-refractivity contribution is 5.41. The number of aliphatic hydroxyl groups is 1. The van der Waals surface area contributed by atoms with E-state index < -0.39 is 6.10 Å². The number of aliphatic hydroxyl groups excluding tert-OH is 1. The minimum atomic E-state index is -0.657. The molecule has 0 saturated heterocycles. The van der Waals surface area contributed by atoms with Crippen molar-refractivity contribution in [1.82, 2.24) is 9.88 Å². The minimum Gasteiger partial charge on any atom is -0.497 e. The molecule has 0 spiro atoms. The van der Waals surface area contributed by atoms with Gasteiger partial charge in [-0.05, 0) is 30.3 Å². The molecule has 0 radical (unpaired) electrons. The van der Waals surface area contributed by atoms with Crippen molar-refractivity contribution < 1.29 is 14.6 Å². The Labute approximate surface area is 125 Å². The Bertz CT molecular complexity index is 581. The van der Waals surface area contributed by atoms with Crippen LogP contribution in [0.2, 0.25) is 0 Å². The zero-order chi connectivity index (χ0) is 15.2. The van der Waals surface area contributed by atoms with Crippen LogP contribution in [-0.4, -0.2) is 30.4 Å². The third-order valence-corrected chi connectivity index (χ3v) is 3.49. The molecule has 0 aliphatic heterocycles. The van der Waals surface area contributed by atoms with E-state index in [0.29, 0.717) is 24.6 Å². The number of methoxy groups -OCH3 is 2. The smallest absolute Gasteiger partial charge is 0.124 e. The van der Waals surface area contributed by atoms with E-state index in [1.165, 1.54) is 5.69 Å². The highest BCUT2D eigenvalue weighted by Crippen LogP contribution is 2.29. The van der Waals surface area contributed by atoms with Gasteiger partial charge in [0.1, 0.15) is 11.5 Å². The molecule has 1 atom stereocenters. The Balaban J connectivity index is 1.99. The molecule has 1 unspecified atom stereocenters. The van der Waals surface area contributed by atoms with Crippen LogP contribution < -0.4 is 14.8 Å². The fourth-order valence-corrected chi connectivity index (χ4v) is 2.23. The van der Waals surface area contributed by atoms with Crippen LogP contribution in [0.1, 0.15) is 17.4 Å². The zero-order valence-electron chi connectivity index (χ0n) is 12.7. The fraction of sp³-hybridized carbons (Fsp3) is 0.375. The van der Waals surface area contributed by atoms with Gasteiger partial charge in [0.15, 0.2) is 0 Å². The van der Waals surface area contributed by atoms with E-state index in [1.807, 2.05) is 36.0 Å². The van der Waals surface area contributed by atoms with E-state index >= 15 is 0 Å². The molecule has 0 saturated carbocycles. The second-order valence-corrected chi connectivity index (χ2v) is 4.87. The summed E-state index contributed by atoms with van der Waals surface area (Å²) in [5.41, 5.74) is 1.89. The standard InChI is InChI=1S/C16H22N2O3/c1-18-8-4-5-12(18)10-17-11-15(19)14-9-13(20-2)6-7-16(14)21-3/h4-9,15,17,19H,10-11H2,1-3H3. The first-order chi connectivity index (χ1) is 10.2. The van der Waals surface area contributed by atoms with Crippen LogP contribution in [0.3, 0.4) is 0 Å². The normalized spacial score (nSPS) is 12.2. The van der Waals surface area contributed by atoms with Crippen LogP contribution in [-0.2, 0) is 13.6 Å². The topological polar surface area (TPSA) is 55.6 Å². The van der Waals surface area contributed by atoms with Crippen molar-refractivity contribution >= 4 is 0 Å². The van der Waals surface area contributed by atoms with Gasteiger partial charge in [0.2, 0.25) is 0 Å². The minimum absolute atomic E-state index is 0.439. The van der Waals surface area contributed by atoms with Gasteiger partial charge in [-0.3, -0.25) is 0 Å². The van der Waals surface area contributed by atoms with Crippen molar-refractivity contribution in [3.8, 4) is 11.5 Å². The van der Waals surface area contributed by atoms with Crippen molar-refractivity contribution in [1.29, 1.82) is 0 Å². The lowest BCUT2D eigenvalue weighted by Crippen LogP contribution is -2.22. The summed E-state index contributed by atoms with van der Waals surface area (Å²) in [7, 11) is 5.19. The largest absolute Gasteiger partial charge is 0.497 e. The third-order valence-electron chi connectivity index (χ3n) is 3.49. The highest BCUT2D eigenvalue weighted by atomic mass is 16.5. The van der Waals surface area contributed by atoms with Crippen molar-refractivity contribution in [2.24, 2.45) is 7.05 Å². The summed E-state index contributed by atoms with van der Waals surface area (Å²) in [5, 5.41) is 13.6. The van der Waals surface area contributed by atoms with Gasteiger partial charge in [0, 0.05) is 37.6 Å². The molecule has 1 heterocycles. The molecule has 0 fully saturated rings. The van der Waals surface area contributed by atoms with Gasteiger partial charge in [-0.1, -0.05) is 0 Å². The van der Waals surface area contributed by atoms with Gasteiger partial charge in [-0.25, -0.2) is 0 Å². The van der Waals surface area contributed by atoms with Crippen molar-refractivity contribution in [3.05, 3.63) is 47.8 Å². The van der Waals surface area contributed by atoms with Crippen LogP contribution in [0.15, 0.2) is 36.5 Å². The van der Waals surface area contributed by atoms with E-state index in [1.54, 1.807) is 26.4 Å². The van der Waals surface area contributed by atoms with Gasteiger partial charge in [0.25, 0.3) is 0 Å². The Kier molecular flexibility index (Phi) is 5.25. The van der Waals surface area contributed by atoms with E-state index in [9.17, 15) is 5.11 Å². The molecular formula is C16H22N2O3. The summed E-state index contributed by atoms with van der Waals surface area (Å²) in [6.07, 6.45) is 1.34. The average Bonchev–Trinajstić information content (AvgIpc) is 2.91. The Morgan fingerprint density at radius 1 is 1.24 bits per heavy atom. The number of rotatable bonds is 7. The summed E-state index contributed by atoms with van der Waals surface area (Å²) in [6.45, 7) is 1.14. The number of hydrogen-bond donors (Lipinski definition) is 2. The second-order valence-electron chi connectivity index (χ2n) is 4.87. The van der Waals surface area contributed by atoms with Gasteiger partial charge in [-0.2, -0.15) is 0 Å². The number of aryl methyl sites for hydroxylation is 1. The predicted octanol–water partition coefficient (Wildman–Crippen LogP) is 1.87. The van der Waals surface area contributed by atoms with E-state index in [4.69, 9.17) is 9.47 Å². The maximum atomic E-state index is 10.3. The summed E-state index contributed by atoms with van der Waals surface area (Å²) in [6, 6.07) is 9.46. The van der Waals surface area contributed by atoms with E-state index in [0.717, 1.165) is 5.56 Å². The first-order valence-corrected chi connectivity index (χ1v) is 6.86. The van der Waals surface area contributed by atoms with Crippen molar-refractivity contribution in [3.63, 3.8) is 0 Å². The summed E-state index contributed by atoms with van der Waals surface area (Å²) >= 11 is 0. The third kappa shape index (κ3) is 3.77. The van der Waals surface area contributed by atoms with Crippen LogP contribution in [0, 0.1) is 0 Å². The number of aromatic nitrogens is 1. The SMILES string of the molecule is COc1ccc(OC)c(C(O)CNCc2cccn2C)c1. The molecular weight excluding hydrogens is 268 g/mol. The quantitative estimate of drug-likeness (QED) is 0.817. The molecule has 21 heavy (non-hydrogen) atoms. The Hall–Kier alpha value is -1.98. The first kappa shape index (κ1) is 15.4. The monoisotopic (exact) mass is 290 g/mol. The molecule has 0 aliphatic carbocycles. The number of hydrogen-bond acceptors (Lipinski definition) is 4. The lowest BCUT2D eigenvalue weighted by Gasteiger charge is -2.16. The molecule has 5 heteroatoms. The number of nitrogens with zero attached hydrogens (tertiary/aromatic N) is 1. The molecule has 2 rings (SSSR count). The van der Waals surface area contributed by atoms with Crippen LogP contribution in [0.4, 0.5) is 0 Å². The van der Waals surface area contributed by atoms with Crippen LogP contribution >= 0.6 is 0 Å². The fourth-order valence-electron chi connectivity index (χ4n) is 2.23. The van der Waals surface area contributed by atoms with Gasteiger partial charge >= 0.3 is 0 Å². The molecule has 1 aromatic heterocycles. The molecule has 0 bridgehead atoms. The summed E-state index contributed by atoms with van der Waals surface area (Å²) < 4.78 is 12.5. The lowest BCUT2D eigenvalue weighted by molar-refractivity contribution is 0.169. The molecule has 2 N–H and O–H groups in total. The maximum absolute atomic E-state index is 10.3. The predicted molar refractivity (Wildman–Crippen MR) is 81.6 cm³/mol. The molecule has 0 amide bonds. The number of ether oxygens (including phenoxy) is 2. The van der Waals surface area contributed by atoms with Gasteiger partial charge in [0.05, 0.1) is 20.3 Å². The molecule has 1 aromatic carbocycles. The zero-order valence-corrected chi connectivity index (χ0v) is 12.7. The molecule has 2 aromatic rings. The molecule has 5 nitrogen and oxygen atoms in total. The van der Waals surface area contributed by atoms with Crippen molar-refractivity contribution in [2.75, 3.05) is 20.8 Å². The summed E-state index contributed by atoms with van der Waals surface area (Å²) in [4.78, 5) is 0. The van der Waals surface area contributed by atoms with Crippen LogP contribution in [0.25, 0.3) is 0 Å². The average molecular weight is 290 g/mol.